The normalized spacial score (nSPS) is 25.8. The molecule has 2 atom stereocenters. The van der Waals surface area contributed by atoms with E-state index in [9.17, 15) is 24.5 Å². The van der Waals surface area contributed by atoms with E-state index in [1.54, 1.807) is 0 Å². The van der Waals surface area contributed by atoms with Gasteiger partial charge in [-0.25, -0.2) is 0 Å². The van der Waals surface area contributed by atoms with Crippen molar-refractivity contribution >= 4 is 52.3 Å². The topological polar surface area (TPSA) is 110 Å². The number of alkyl halides is 2. The van der Waals surface area contributed by atoms with Gasteiger partial charge in [-0.15, -0.1) is 23.2 Å². The number of nitro benzene ring substituents is 1. The van der Waals surface area contributed by atoms with Crippen molar-refractivity contribution in [3.8, 4) is 0 Å². The largest absolute Gasteiger partial charge is 0.326 e. The van der Waals surface area contributed by atoms with Crippen molar-refractivity contribution in [2.45, 2.75) is 35.4 Å². The van der Waals surface area contributed by atoms with Crippen LogP contribution in [0.25, 0.3) is 0 Å². The van der Waals surface area contributed by atoms with Crippen molar-refractivity contribution in [1.29, 1.82) is 0 Å². The number of benzene rings is 3. The summed E-state index contributed by atoms with van der Waals surface area (Å²) in [7, 11) is 0. The van der Waals surface area contributed by atoms with E-state index in [1.165, 1.54) is 29.2 Å². The Morgan fingerprint density at radius 3 is 1.73 bits per heavy atom. The Hall–Kier alpha value is -3.75. The van der Waals surface area contributed by atoms with Crippen LogP contribution in [0.15, 0.2) is 72.8 Å². The molecule has 40 heavy (non-hydrogen) atoms. The molecule has 7 rings (SSSR count). The summed E-state index contributed by atoms with van der Waals surface area (Å²) in [5.74, 6) is -2.45. The van der Waals surface area contributed by atoms with Gasteiger partial charge in [-0.05, 0) is 47.2 Å². The minimum Gasteiger partial charge on any atom is -0.326 e. The highest BCUT2D eigenvalue weighted by atomic mass is 35.5. The highest BCUT2D eigenvalue weighted by molar-refractivity contribution is 6.36. The first-order chi connectivity index (χ1) is 19.2. The van der Waals surface area contributed by atoms with Crippen LogP contribution in [0.2, 0.25) is 0 Å². The number of nitrogens with zero attached hydrogens (tertiary/aromatic N) is 2. The van der Waals surface area contributed by atoms with E-state index in [0.29, 0.717) is 24.9 Å². The monoisotopic (exact) mass is 577 g/mol. The van der Waals surface area contributed by atoms with Crippen LogP contribution in [0.4, 0.5) is 11.4 Å². The van der Waals surface area contributed by atoms with Gasteiger partial charge in [0.15, 0.2) is 0 Å². The standard InChI is InChI=1S/C30H25Cl2N3O5/c31-29-20-8-3-4-9-21(20)30(32,23-11-6-5-10-22(23)29)26-25(29)27(37)34(28(26)38)17-7-1-2-12-24(36)33-18-13-15-19(16-14-18)35(39)40/h3-6,8-11,13-16,25-26H,1-2,7,12,17H2,(H,33,36)/t25-,26-,29?,30?/m0/s1. The summed E-state index contributed by atoms with van der Waals surface area (Å²) in [5, 5.41) is 13.5. The van der Waals surface area contributed by atoms with Gasteiger partial charge in [-0.2, -0.15) is 0 Å². The van der Waals surface area contributed by atoms with E-state index in [2.05, 4.69) is 5.32 Å². The van der Waals surface area contributed by atoms with Crippen LogP contribution in [0, 0.1) is 22.0 Å². The number of imide groups is 1. The second-order valence-electron chi connectivity index (χ2n) is 10.5. The molecule has 0 saturated carbocycles. The molecule has 0 aromatic heterocycles. The van der Waals surface area contributed by atoms with Crippen LogP contribution in [0.5, 0.6) is 0 Å². The third kappa shape index (κ3) is 3.77. The average Bonchev–Trinajstić information content (AvgIpc) is 3.22. The van der Waals surface area contributed by atoms with Gasteiger partial charge < -0.3 is 5.32 Å². The van der Waals surface area contributed by atoms with Crippen molar-refractivity contribution in [3.63, 3.8) is 0 Å². The molecule has 1 fully saturated rings. The number of halogens is 2. The van der Waals surface area contributed by atoms with Gasteiger partial charge in [-0.3, -0.25) is 29.4 Å². The smallest absolute Gasteiger partial charge is 0.269 e. The van der Waals surface area contributed by atoms with Crippen molar-refractivity contribution in [1.82, 2.24) is 4.90 Å². The maximum atomic E-state index is 13.8. The summed E-state index contributed by atoms with van der Waals surface area (Å²) >= 11 is 14.8. The number of rotatable bonds is 8. The second kappa shape index (κ2) is 9.71. The minimum atomic E-state index is -1.19. The van der Waals surface area contributed by atoms with Crippen LogP contribution in [0.3, 0.4) is 0 Å². The van der Waals surface area contributed by atoms with Crippen molar-refractivity contribution in [2.24, 2.45) is 11.8 Å². The maximum absolute atomic E-state index is 13.8. The van der Waals surface area contributed by atoms with Crippen molar-refractivity contribution < 1.29 is 19.3 Å². The Balaban J connectivity index is 1.12. The van der Waals surface area contributed by atoms with Crippen LogP contribution < -0.4 is 5.32 Å². The molecule has 0 unspecified atom stereocenters. The number of anilines is 1. The maximum Gasteiger partial charge on any atom is 0.269 e. The summed E-state index contributed by atoms with van der Waals surface area (Å²) in [6.07, 6.45) is 1.95. The highest BCUT2D eigenvalue weighted by Gasteiger charge is 2.72. The zero-order valence-corrected chi connectivity index (χ0v) is 22.8. The minimum absolute atomic E-state index is 0.0511. The third-order valence-electron chi connectivity index (χ3n) is 8.32. The number of unbranched alkanes of at least 4 members (excludes halogenated alkanes) is 2. The third-order valence-corrected chi connectivity index (χ3v) is 9.61. The number of carbonyl (C=O) groups excluding carboxylic acids is 3. The Morgan fingerprint density at radius 2 is 1.27 bits per heavy atom. The first-order valence-electron chi connectivity index (χ1n) is 13.2. The van der Waals surface area contributed by atoms with Crippen LogP contribution in [-0.4, -0.2) is 34.1 Å². The first kappa shape index (κ1) is 26.5. The summed E-state index contributed by atoms with van der Waals surface area (Å²) in [6.45, 7) is 0.223. The molecule has 204 valence electrons. The lowest BCUT2D eigenvalue weighted by Gasteiger charge is -2.54. The van der Waals surface area contributed by atoms with Crippen LogP contribution >= 0.6 is 23.2 Å². The van der Waals surface area contributed by atoms with Crippen LogP contribution in [0.1, 0.15) is 47.9 Å². The molecule has 10 heteroatoms. The van der Waals surface area contributed by atoms with Crippen molar-refractivity contribution in [3.05, 3.63) is 105 Å². The molecule has 3 amide bonds. The first-order valence-corrected chi connectivity index (χ1v) is 13.9. The molecular formula is C30H25Cl2N3O5. The number of amides is 3. The molecule has 1 N–H and O–H groups in total. The van der Waals surface area contributed by atoms with E-state index in [1.807, 2.05) is 48.5 Å². The Bertz CT molecular complexity index is 1440. The van der Waals surface area contributed by atoms with Gasteiger partial charge in [0, 0.05) is 30.8 Å². The summed E-state index contributed by atoms with van der Waals surface area (Å²) < 4.78 is 0. The number of likely N-dealkylation sites (tertiary alicyclic amines) is 1. The molecule has 8 nitrogen and oxygen atoms in total. The summed E-state index contributed by atoms with van der Waals surface area (Å²) in [5.41, 5.74) is 3.52. The lowest BCUT2D eigenvalue weighted by molar-refractivity contribution is -0.384. The number of nitrogens with one attached hydrogen (secondary N) is 1. The molecule has 3 aliphatic carbocycles. The molecule has 4 aliphatic rings. The van der Waals surface area contributed by atoms with E-state index < -0.39 is 26.5 Å². The quantitative estimate of drug-likeness (QED) is 0.122. The van der Waals surface area contributed by atoms with Gasteiger partial charge in [0.05, 0.1) is 16.8 Å². The fourth-order valence-corrected chi connectivity index (χ4v) is 7.67. The van der Waals surface area contributed by atoms with Gasteiger partial charge in [0.2, 0.25) is 17.7 Å². The van der Waals surface area contributed by atoms with Gasteiger partial charge >= 0.3 is 0 Å². The van der Waals surface area contributed by atoms with E-state index in [0.717, 1.165) is 22.3 Å². The average molecular weight is 578 g/mol. The molecule has 1 saturated heterocycles. The number of non-ortho nitro benzene ring substituents is 1. The molecular weight excluding hydrogens is 553 g/mol. The summed E-state index contributed by atoms with van der Waals surface area (Å²) in [6, 6.07) is 20.7. The highest BCUT2D eigenvalue weighted by Crippen LogP contribution is 2.69. The van der Waals surface area contributed by atoms with E-state index in [-0.39, 0.29) is 36.4 Å². The zero-order chi connectivity index (χ0) is 28.2. The fraction of sp³-hybridized carbons (Fsp3) is 0.300. The van der Waals surface area contributed by atoms with Gasteiger partial charge in [0.1, 0.15) is 9.75 Å². The Morgan fingerprint density at radius 1 is 0.800 bits per heavy atom. The predicted molar refractivity (Wildman–Crippen MR) is 150 cm³/mol. The zero-order valence-electron chi connectivity index (χ0n) is 21.3. The molecule has 0 radical (unpaired) electrons. The Kier molecular flexibility index (Phi) is 6.43. The molecule has 0 spiro atoms. The number of carbonyl (C=O) groups is 3. The fourth-order valence-electron chi connectivity index (χ4n) is 6.57. The van der Waals surface area contributed by atoms with Crippen LogP contribution in [-0.2, 0) is 24.1 Å². The number of hydrogen-bond acceptors (Lipinski definition) is 5. The van der Waals surface area contributed by atoms with Gasteiger partial charge in [-0.1, -0.05) is 55.0 Å². The molecule has 1 aliphatic heterocycles. The van der Waals surface area contributed by atoms with E-state index >= 15 is 0 Å². The molecule has 3 aromatic rings. The molecule has 3 aromatic carbocycles. The van der Waals surface area contributed by atoms with E-state index in [4.69, 9.17) is 23.2 Å². The summed E-state index contributed by atoms with van der Waals surface area (Å²) in [4.78, 5) is 49.1. The SMILES string of the molecule is O=C(CCCCCN1C(=O)[C@@H]2[C@@H](C1=O)C1(Cl)c3ccccc3C2(Cl)c2ccccc21)Nc1ccc([N+](=O)[O-])cc1. The lowest BCUT2D eigenvalue weighted by Crippen LogP contribution is -2.57. The molecule has 2 bridgehead atoms. The molecule has 1 heterocycles. The number of hydrogen-bond donors (Lipinski definition) is 1. The predicted octanol–water partition coefficient (Wildman–Crippen LogP) is 5.69. The number of nitro groups is 1. The van der Waals surface area contributed by atoms with Crippen molar-refractivity contribution in [2.75, 3.05) is 11.9 Å². The lowest BCUT2D eigenvalue weighted by atomic mass is 9.54. The second-order valence-corrected chi connectivity index (χ2v) is 11.7. The van der Waals surface area contributed by atoms with Gasteiger partial charge in [0.25, 0.3) is 5.69 Å². The Labute approximate surface area is 240 Å².